The van der Waals surface area contributed by atoms with Crippen LogP contribution >= 0.6 is 0 Å². The Labute approximate surface area is 153 Å². The summed E-state index contributed by atoms with van der Waals surface area (Å²) in [6, 6.07) is 7.07. The number of piperidine rings is 1. The number of carboxylic acid groups (broad SMARTS) is 1. The van der Waals surface area contributed by atoms with Crippen LogP contribution in [0, 0.1) is 23.1 Å². The smallest absolute Gasteiger partial charge is 0.407 e. The van der Waals surface area contributed by atoms with Crippen LogP contribution in [-0.2, 0) is 0 Å². The lowest BCUT2D eigenvalue weighted by Crippen LogP contribution is -2.43. The van der Waals surface area contributed by atoms with Gasteiger partial charge in [0.05, 0.1) is 18.0 Å². The Morgan fingerprint density at radius 2 is 2.07 bits per heavy atom. The molecule has 0 saturated carbocycles. The molecule has 1 aromatic carbocycles. The quantitative estimate of drug-likeness (QED) is 0.750. The lowest BCUT2D eigenvalue weighted by Gasteiger charge is -2.34. The van der Waals surface area contributed by atoms with Crippen molar-refractivity contribution in [2.75, 3.05) is 18.4 Å². The maximum absolute atomic E-state index is 13.1. The van der Waals surface area contributed by atoms with Crippen LogP contribution in [0.3, 0.4) is 0 Å². The van der Waals surface area contributed by atoms with Crippen molar-refractivity contribution in [1.82, 2.24) is 14.7 Å². The van der Waals surface area contributed by atoms with Crippen LogP contribution in [0.1, 0.15) is 22.8 Å². The minimum atomic E-state index is -1.08. The van der Waals surface area contributed by atoms with E-state index in [1.165, 1.54) is 40.0 Å². The van der Waals surface area contributed by atoms with E-state index in [0.717, 1.165) is 0 Å². The maximum Gasteiger partial charge on any atom is 0.407 e. The molecule has 1 fully saturated rings. The summed E-state index contributed by atoms with van der Waals surface area (Å²) in [5.74, 6) is -1.45. The van der Waals surface area contributed by atoms with Crippen LogP contribution in [0.4, 0.5) is 20.7 Å². The van der Waals surface area contributed by atoms with E-state index in [1.807, 2.05) is 0 Å². The van der Waals surface area contributed by atoms with Crippen molar-refractivity contribution >= 4 is 23.5 Å². The molecule has 0 bridgehead atoms. The van der Waals surface area contributed by atoms with Gasteiger partial charge in [-0.1, -0.05) is 0 Å². The topological polar surface area (TPSA) is 137 Å². The number of halogens is 1. The number of primary amides is 1. The minimum Gasteiger partial charge on any atom is -0.465 e. The predicted molar refractivity (Wildman–Crippen MR) is 92.8 cm³/mol. The first-order chi connectivity index (χ1) is 12.9. The summed E-state index contributed by atoms with van der Waals surface area (Å²) in [5, 5.41) is 25.8. The van der Waals surface area contributed by atoms with E-state index >= 15 is 0 Å². The molecular weight excluding hydrogens is 355 g/mol. The van der Waals surface area contributed by atoms with Crippen LogP contribution in [0.25, 0.3) is 0 Å². The highest BCUT2D eigenvalue weighted by Crippen LogP contribution is 2.29. The number of nitrogens with two attached hydrogens (primary N) is 1. The Morgan fingerprint density at radius 1 is 1.37 bits per heavy atom. The summed E-state index contributed by atoms with van der Waals surface area (Å²) in [7, 11) is 0. The van der Waals surface area contributed by atoms with Gasteiger partial charge in [0.1, 0.15) is 11.4 Å². The SMILES string of the molecule is N#C[C@H]1CCN(C(=O)O)C[C@@H]1n1cc(C(N)=O)c(Nc2ccc(F)cc2)n1. The molecule has 0 aliphatic carbocycles. The standard InChI is InChI=1S/C17H17FN6O3/c18-11-1-3-12(4-2-11)21-16-13(15(20)25)8-24(22-16)14-9-23(17(26)27)6-5-10(14)7-19/h1-4,8,10,14H,5-6,9H2,(H2,20,25)(H,21,22)(H,26,27)/t10-,14+/m1/s1. The molecule has 2 heterocycles. The molecule has 10 heteroatoms. The summed E-state index contributed by atoms with van der Waals surface area (Å²) < 4.78 is 14.5. The minimum absolute atomic E-state index is 0.0728. The van der Waals surface area contributed by atoms with E-state index in [-0.39, 0.29) is 24.5 Å². The fraction of sp³-hybridized carbons (Fsp3) is 0.294. The molecular formula is C17H17FN6O3. The number of carbonyl (C=O) groups is 2. The number of aromatic nitrogens is 2. The van der Waals surface area contributed by atoms with Crippen molar-refractivity contribution in [2.24, 2.45) is 11.7 Å². The molecule has 1 aliphatic rings. The van der Waals surface area contributed by atoms with Crippen molar-refractivity contribution in [2.45, 2.75) is 12.5 Å². The largest absolute Gasteiger partial charge is 0.465 e. The number of likely N-dealkylation sites (tertiary alicyclic amines) is 1. The lowest BCUT2D eigenvalue weighted by atomic mass is 9.93. The van der Waals surface area contributed by atoms with E-state index < -0.39 is 29.8 Å². The third-order valence-corrected chi connectivity index (χ3v) is 4.46. The summed E-state index contributed by atoms with van der Waals surface area (Å²) in [6.45, 7) is 0.331. The second-order valence-electron chi connectivity index (χ2n) is 6.19. The highest BCUT2D eigenvalue weighted by Gasteiger charge is 2.34. The first-order valence-electron chi connectivity index (χ1n) is 8.18. The maximum atomic E-state index is 13.1. The third-order valence-electron chi connectivity index (χ3n) is 4.46. The predicted octanol–water partition coefficient (Wildman–Crippen LogP) is 1.93. The Hall–Kier alpha value is -3.61. The number of rotatable bonds is 4. The number of amides is 2. The molecule has 140 valence electrons. The molecule has 2 amide bonds. The number of benzene rings is 1. The van der Waals surface area contributed by atoms with Gasteiger partial charge in [0.15, 0.2) is 5.82 Å². The van der Waals surface area contributed by atoms with E-state index in [0.29, 0.717) is 12.1 Å². The van der Waals surface area contributed by atoms with Crippen molar-refractivity contribution in [3.8, 4) is 6.07 Å². The lowest BCUT2D eigenvalue weighted by molar-refractivity contribution is 0.0996. The van der Waals surface area contributed by atoms with Crippen LogP contribution in [-0.4, -0.2) is 44.9 Å². The Kier molecular flexibility index (Phi) is 4.94. The van der Waals surface area contributed by atoms with Gasteiger partial charge < -0.3 is 21.1 Å². The van der Waals surface area contributed by atoms with Crippen molar-refractivity contribution < 1.29 is 19.1 Å². The second kappa shape index (κ2) is 7.33. The second-order valence-corrected chi connectivity index (χ2v) is 6.19. The highest BCUT2D eigenvalue weighted by molar-refractivity contribution is 5.98. The molecule has 27 heavy (non-hydrogen) atoms. The van der Waals surface area contributed by atoms with Gasteiger partial charge >= 0.3 is 6.09 Å². The number of nitrogens with zero attached hydrogens (tertiary/aromatic N) is 4. The van der Waals surface area contributed by atoms with E-state index in [2.05, 4.69) is 16.5 Å². The van der Waals surface area contributed by atoms with Gasteiger partial charge in [-0.2, -0.15) is 10.4 Å². The van der Waals surface area contributed by atoms with E-state index in [4.69, 9.17) is 5.73 Å². The van der Waals surface area contributed by atoms with Crippen LogP contribution in [0.5, 0.6) is 0 Å². The fourth-order valence-electron chi connectivity index (χ4n) is 3.03. The van der Waals surface area contributed by atoms with Crippen LogP contribution < -0.4 is 11.1 Å². The molecule has 0 unspecified atom stereocenters. The normalized spacial score (nSPS) is 19.3. The number of nitriles is 1. The Balaban J connectivity index is 1.93. The van der Waals surface area contributed by atoms with Crippen LogP contribution in [0.15, 0.2) is 30.5 Å². The number of hydrogen-bond acceptors (Lipinski definition) is 5. The molecule has 4 N–H and O–H groups in total. The first kappa shape index (κ1) is 18.2. The molecule has 9 nitrogen and oxygen atoms in total. The summed E-state index contributed by atoms with van der Waals surface area (Å²) >= 11 is 0. The van der Waals surface area contributed by atoms with Crippen molar-refractivity contribution in [3.63, 3.8) is 0 Å². The van der Waals surface area contributed by atoms with E-state index in [1.54, 1.807) is 0 Å². The Bertz CT molecular complexity index is 904. The van der Waals surface area contributed by atoms with Gasteiger partial charge in [-0.3, -0.25) is 9.48 Å². The van der Waals surface area contributed by atoms with Crippen LogP contribution in [0.2, 0.25) is 0 Å². The third kappa shape index (κ3) is 3.82. The van der Waals surface area contributed by atoms with Gasteiger partial charge in [0, 0.05) is 25.0 Å². The zero-order chi connectivity index (χ0) is 19.6. The first-order valence-corrected chi connectivity index (χ1v) is 8.18. The number of hydrogen-bond donors (Lipinski definition) is 3. The van der Waals surface area contributed by atoms with Crippen molar-refractivity contribution in [1.29, 1.82) is 5.26 Å². The zero-order valence-corrected chi connectivity index (χ0v) is 14.2. The molecule has 1 aliphatic heterocycles. The number of nitrogens with one attached hydrogen (secondary N) is 1. The zero-order valence-electron chi connectivity index (χ0n) is 14.2. The average molecular weight is 372 g/mol. The summed E-state index contributed by atoms with van der Waals surface area (Å²) in [5.41, 5.74) is 6.00. The van der Waals surface area contributed by atoms with Gasteiger partial charge in [-0.15, -0.1) is 0 Å². The molecule has 1 aromatic heterocycles. The van der Waals surface area contributed by atoms with Gasteiger partial charge in [0.25, 0.3) is 5.91 Å². The molecule has 3 rings (SSSR count). The highest BCUT2D eigenvalue weighted by atomic mass is 19.1. The molecule has 1 saturated heterocycles. The number of anilines is 2. The fourth-order valence-corrected chi connectivity index (χ4v) is 3.03. The molecule has 0 spiro atoms. The summed E-state index contributed by atoms with van der Waals surface area (Å²) in [6.07, 6.45) is 0.678. The van der Waals surface area contributed by atoms with Crippen molar-refractivity contribution in [3.05, 3.63) is 41.8 Å². The molecule has 2 aromatic rings. The van der Waals surface area contributed by atoms with Gasteiger partial charge in [0.2, 0.25) is 0 Å². The monoisotopic (exact) mass is 372 g/mol. The summed E-state index contributed by atoms with van der Waals surface area (Å²) in [4.78, 5) is 24.3. The molecule has 2 atom stereocenters. The van der Waals surface area contributed by atoms with Gasteiger partial charge in [-0.25, -0.2) is 9.18 Å². The molecule has 0 radical (unpaired) electrons. The average Bonchev–Trinajstić information content (AvgIpc) is 3.07. The van der Waals surface area contributed by atoms with E-state index in [9.17, 15) is 24.3 Å². The Morgan fingerprint density at radius 3 is 2.67 bits per heavy atom. The van der Waals surface area contributed by atoms with Gasteiger partial charge in [-0.05, 0) is 30.7 Å². The number of carbonyl (C=O) groups excluding carboxylic acids is 1.